The van der Waals surface area contributed by atoms with Crippen LogP contribution < -0.4 is 4.68 Å². The molecule has 21 heavy (non-hydrogen) atoms. The van der Waals surface area contributed by atoms with Gasteiger partial charge in [-0.2, -0.15) is 0 Å². The zero-order chi connectivity index (χ0) is 14.5. The summed E-state index contributed by atoms with van der Waals surface area (Å²) in [5, 5.41) is 8.25. The third kappa shape index (κ3) is 3.30. The van der Waals surface area contributed by atoms with Gasteiger partial charge < -0.3 is 4.42 Å². The molecule has 6 nitrogen and oxygen atoms in total. The average Bonchev–Trinajstić information content (AvgIpc) is 3.17. The highest BCUT2D eigenvalue weighted by Gasteiger charge is 2.12. The molecule has 1 aromatic carbocycles. The molecule has 6 heteroatoms. The van der Waals surface area contributed by atoms with Crippen molar-refractivity contribution in [2.75, 3.05) is 0 Å². The average molecular weight is 281 g/mol. The first-order valence-corrected chi connectivity index (χ1v) is 6.41. The fourth-order valence-electron chi connectivity index (χ4n) is 1.81. The molecule has 0 fully saturated rings. The van der Waals surface area contributed by atoms with Crippen molar-refractivity contribution in [1.82, 2.24) is 9.78 Å². The van der Waals surface area contributed by atoms with Crippen molar-refractivity contribution in [3.05, 3.63) is 72.7 Å². The highest BCUT2D eigenvalue weighted by molar-refractivity contribution is 5.95. The van der Waals surface area contributed by atoms with Gasteiger partial charge in [0.2, 0.25) is 6.33 Å². The largest absolute Gasteiger partial charge is 0.463 e. The van der Waals surface area contributed by atoms with Crippen LogP contribution in [0.4, 0.5) is 0 Å². The second-order valence-electron chi connectivity index (χ2n) is 4.37. The van der Waals surface area contributed by atoms with Crippen LogP contribution in [-0.2, 0) is 6.54 Å². The summed E-state index contributed by atoms with van der Waals surface area (Å²) in [7, 11) is 0. The molecule has 0 spiro atoms. The number of hydrogen-bond donors (Lipinski definition) is 0. The maximum absolute atomic E-state index is 12.0. The molecule has 0 saturated heterocycles. The summed E-state index contributed by atoms with van der Waals surface area (Å²) in [6.45, 7) is 0.174. The summed E-state index contributed by atoms with van der Waals surface area (Å²) < 4.78 is 8.19. The number of benzene rings is 1. The SMILES string of the molecule is O=C(Cn1c[n+](/N=C/c2ccco2)cn1)c1ccccc1. The molecule has 0 N–H and O–H groups in total. The minimum Gasteiger partial charge on any atom is -0.463 e. The van der Waals surface area contributed by atoms with Gasteiger partial charge in [0.1, 0.15) is 12.0 Å². The van der Waals surface area contributed by atoms with E-state index in [2.05, 4.69) is 10.2 Å². The van der Waals surface area contributed by atoms with E-state index in [0.717, 1.165) is 0 Å². The Morgan fingerprint density at radius 2 is 2.14 bits per heavy atom. The van der Waals surface area contributed by atoms with E-state index in [1.807, 2.05) is 18.2 Å². The summed E-state index contributed by atoms with van der Waals surface area (Å²) in [6, 6.07) is 12.7. The molecule has 0 saturated carbocycles. The van der Waals surface area contributed by atoms with Gasteiger partial charge in [-0.3, -0.25) is 4.79 Å². The van der Waals surface area contributed by atoms with Crippen LogP contribution in [0.15, 0.2) is 70.9 Å². The number of nitrogens with zero attached hydrogens (tertiary/aromatic N) is 4. The Bertz CT molecular complexity index is 745. The van der Waals surface area contributed by atoms with Crippen molar-refractivity contribution in [2.45, 2.75) is 6.54 Å². The van der Waals surface area contributed by atoms with Gasteiger partial charge in [0.25, 0.3) is 6.33 Å². The Kier molecular flexibility index (Phi) is 3.68. The Morgan fingerprint density at radius 1 is 1.29 bits per heavy atom. The predicted molar refractivity (Wildman–Crippen MR) is 74.9 cm³/mol. The zero-order valence-corrected chi connectivity index (χ0v) is 11.2. The van der Waals surface area contributed by atoms with E-state index in [-0.39, 0.29) is 12.3 Å². The Labute approximate surface area is 120 Å². The maximum Gasteiger partial charge on any atom is 0.289 e. The summed E-state index contributed by atoms with van der Waals surface area (Å²) >= 11 is 0. The van der Waals surface area contributed by atoms with Crippen LogP contribution >= 0.6 is 0 Å². The number of hydrogen-bond acceptors (Lipinski definition) is 4. The molecular formula is C15H13N4O2+. The Hall–Kier alpha value is -3.02. The number of aromatic nitrogens is 3. The molecule has 0 aliphatic rings. The van der Waals surface area contributed by atoms with Crippen LogP contribution in [0.1, 0.15) is 16.1 Å². The number of rotatable bonds is 5. The highest BCUT2D eigenvalue weighted by Crippen LogP contribution is 2.01. The minimum atomic E-state index is 0.000800. The molecule has 0 bridgehead atoms. The first kappa shape index (κ1) is 13.0. The molecule has 0 radical (unpaired) electrons. The smallest absolute Gasteiger partial charge is 0.289 e. The summed E-state index contributed by atoms with van der Waals surface area (Å²) in [4.78, 5) is 12.0. The first-order chi connectivity index (χ1) is 10.3. The van der Waals surface area contributed by atoms with Crippen LogP contribution in [0.2, 0.25) is 0 Å². The standard InChI is InChI=1S/C15H13N4O2/c20-15(13-5-2-1-3-6-13)10-18-12-19(11-17-18)16-9-14-7-4-8-21-14/h1-9,11-12H,10H2/q+1/b16-9+. The number of furan rings is 1. The van der Waals surface area contributed by atoms with E-state index in [1.165, 1.54) is 15.7 Å². The van der Waals surface area contributed by atoms with Crippen LogP contribution in [0, 0.1) is 0 Å². The number of carbonyl (C=O) groups excluding carboxylic acids is 1. The zero-order valence-electron chi connectivity index (χ0n) is 11.2. The lowest BCUT2D eigenvalue weighted by atomic mass is 10.1. The summed E-state index contributed by atoms with van der Waals surface area (Å²) in [5.74, 6) is 0.650. The lowest BCUT2D eigenvalue weighted by Crippen LogP contribution is -2.24. The van der Waals surface area contributed by atoms with Crippen LogP contribution in [0.3, 0.4) is 0 Å². The third-order valence-electron chi connectivity index (χ3n) is 2.83. The molecule has 0 unspecified atom stereocenters. The van der Waals surface area contributed by atoms with Gasteiger partial charge in [0, 0.05) is 10.7 Å². The van der Waals surface area contributed by atoms with Crippen LogP contribution in [0.25, 0.3) is 0 Å². The molecule has 2 heterocycles. The summed E-state index contributed by atoms with van der Waals surface area (Å²) in [5.41, 5.74) is 0.665. The van der Waals surface area contributed by atoms with Crippen LogP contribution in [-0.4, -0.2) is 21.8 Å². The second-order valence-corrected chi connectivity index (χ2v) is 4.37. The molecule has 0 aliphatic heterocycles. The molecule has 2 aromatic heterocycles. The lowest BCUT2D eigenvalue weighted by Gasteiger charge is -1.95. The highest BCUT2D eigenvalue weighted by atomic mass is 16.3. The van der Waals surface area contributed by atoms with Crippen molar-refractivity contribution < 1.29 is 13.9 Å². The molecule has 0 atom stereocenters. The van der Waals surface area contributed by atoms with Gasteiger partial charge in [0.05, 0.1) is 6.26 Å². The first-order valence-electron chi connectivity index (χ1n) is 6.41. The quantitative estimate of drug-likeness (QED) is 0.405. The number of carbonyl (C=O) groups is 1. The summed E-state index contributed by atoms with van der Waals surface area (Å²) in [6.07, 6.45) is 6.32. The van der Waals surface area contributed by atoms with E-state index >= 15 is 0 Å². The predicted octanol–water partition coefficient (Wildman–Crippen LogP) is 1.53. The minimum absolute atomic E-state index is 0.000800. The van der Waals surface area contributed by atoms with Gasteiger partial charge >= 0.3 is 0 Å². The molecule has 0 amide bonds. The number of ketones is 1. The third-order valence-corrected chi connectivity index (χ3v) is 2.83. The van der Waals surface area contributed by atoms with Crippen molar-refractivity contribution in [1.29, 1.82) is 0 Å². The van der Waals surface area contributed by atoms with Gasteiger partial charge in [0.15, 0.2) is 12.3 Å². The normalized spacial score (nSPS) is 11.0. The Morgan fingerprint density at radius 3 is 2.90 bits per heavy atom. The molecular weight excluding hydrogens is 268 g/mol. The van der Waals surface area contributed by atoms with Crippen molar-refractivity contribution in [2.24, 2.45) is 5.10 Å². The molecule has 0 aliphatic carbocycles. The van der Waals surface area contributed by atoms with E-state index in [1.54, 1.807) is 43.1 Å². The van der Waals surface area contributed by atoms with Gasteiger partial charge in [-0.15, -0.1) is 14.5 Å². The lowest BCUT2D eigenvalue weighted by molar-refractivity contribution is -0.679. The van der Waals surface area contributed by atoms with E-state index in [0.29, 0.717) is 11.3 Å². The van der Waals surface area contributed by atoms with E-state index < -0.39 is 0 Å². The van der Waals surface area contributed by atoms with Gasteiger partial charge in [-0.1, -0.05) is 30.3 Å². The van der Waals surface area contributed by atoms with Crippen molar-refractivity contribution >= 4 is 12.0 Å². The second kappa shape index (κ2) is 5.96. The van der Waals surface area contributed by atoms with E-state index in [4.69, 9.17) is 4.42 Å². The Balaban J connectivity index is 1.67. The van der Waals surface area contributed by atoms with Crippen LogP contribution in [0.5, 0.6) is 0 Å². The topological polar surface area (TPSA) is 64.3 Å². The monoisotopic (exact) mass is 281 g/mol. The molecule has 3 aromatic rings. The van der Waals surface area contributed by atoms with Gasteiger partial charge in [-0.25, -0.2) is 0 Å². The number of Topliss-reactive ketones (excluding diaryl/α,β-unsaturated/α-hetero) is 1. The van der Waals surface area contributed by atoms with Gasteiger partial charge in [-0.05, 0) is 12.1 Å². The van der Waals surface area contributed by atoms with Crippen molar-refractivity contribution in [3.63, 3.8) is 0 Å². The van der Waals surface area contributed by atoms with Crippen molar-refractivity contribution in [3.8, 4) is 0 Å². The van der Waals surface area contributed by atoms with E-state index in [9.17, 15) is 4.79 Å². The molecule has 3 rings (SSSR count). The fraction of sp³-hybridized carbons (Fsp3) is 0.0667. The fourth-order valence-corrected chi connectivity index (χ4v) is 1.81. The molecule has 104 valence electrons. The maximum atomic E-state index is 12.0.